The van der Waals surface area contributed by atoms with E-state index in [0.29, 0.717) is 23.4 Å². The summed E-state index contributed by atoms with van der Waals surface area (Å²) >= 11 is 0. The van der Waals surface area contributed by atoms with E-state index in [1.165, 1.54) is 10.8 Å². The van der Waals surface area contributed by atoms with Gasteiger partial charge in [0.1, 0.15) is 11.5 Å². The van der Waals surface area contributed by atoms with Crippen molar-refractivity contribution in [3.8, 4) is 0 Å². The molecule has 0 saturated heterocycles. The molecule has 47 heavy (non-hydrogen) atoms. The molecule has 2 aromatic heterocycles. The fourth-order valence-electron chi connectivity index (χ4n) is 5.48. The van der Waals surface area contributed by atoms with Crippen molar-refractivity contribution in [2.75, 3.05) is 16.4 Å². The second-order valence-corrected chi connectivity index (χ2v) is 15.2. The van der Waals surface area contributed by atoms with E-state index < -0.39 is 43.4 Å². The number of azo groups is 1. The number of aromatic nitrogens is 5. The van der Waals surface area contributed by atoms with E-state index in [9.17, 15) is 30.7 Å². The smallest absolute Gasteiger partial charge is 0.294 e. The molecule has 4 N–H and O–H groups in total. The Hall–Kier alpha value is -4.13. The lowest BCUT2D eigenvalue weighted by Gasteiger charge is -2.38. The lowest BCUT2D eigenvalue weighted by atomic mass is 9.75. The Morgan fingerprint density at radius 2 is 1.87 bits per heavy atom. The van der Waals surface area contributed by atoms with E-state index in [1.807, 2.05) is 32.1 Å². The van der Waals surface area contributed by atoms with E-state index >= 15 is 0 Å². The quantitative estimate of drug-likeness (QED) is 0.175. The standard InChI is InChI=1S/C29H39N9O7S2/c1-17(2)26(39)32-25-21(16-30-27(33-25)31-24-19(4)23(47(43,44)45)18(3)15-29(24,5)6)34-36-28-37-35-22(14-20-10-8-7-9-11-20)38(28)12-13-46(40,41)42/h7-8,10,15-17,24H,9,11-14H2,1-6H3,(H,40,41,42)(H,43,44,45)(H2,30,31,32,33,39). The summed E-state index contributed by atoms with van der Waals surface area (Å²) in [5.41, 5.74) is 1.25. The Morgan fingerprint density at radius 1 is 1.15 bits per heavy atom. The first-order valence-electron chi connectivity index (χ1n) is 14.8. The maximum Gasteiger partial charge on any atom is 0.294 e. The highest BCUT2D eigenvalue weighted by Crippen LogP contribution is 2.40. The molecular weight excluding hydrogens is 651 g/mol. The van der Waals surface area contributed by atoms with Crippen molar-refractivity contribution in [2.24, 2.45) is 21.6 Å². The number of amides is 1. The van der Waals surface area contributed by atoms with Crippen LogP contribution in [0.2, 0.25) is 0 Å². The molecule has 2 aromatic rings. The molecule has 4 rings (SSSR count). The monoisotopic (exact) mass is 689 g/mol. The van der Waals surface area contributed by atoms with Crippen LogP contribution < -0.4 is 10.6 Å². The van der Waals surface area contributed by atoms with Crippen LogP contribution in [0.25, 0.3) is 0 Å². The average molecular weight is 690 g/mol. The number of hydrogen-bond donors (Lipinski definition) is 4. The van der Waals surface area contributed by atoms with Crippen LogP contribution in [-0.2, 0) is 38.0 Å². The molecule has 0 aliphatic heterocycles. The van der Waals surface area contributed by atoms with Crippen molar-refractivity contribution < 1.29 is 30.7 Å². The molecule has 0 bridgehead atoms. The van der Waals surface area contributed by atoms with Gasteiger partial charge in [0.2, 0.25) is 11.9 Å². The van der Waals surface area contributed by atoms with E-state index in [4.69, 9.17) is 0 Å². The van der Waals surface area contributed by atoms with Crippen molar-refractivity contribution in [3.05, 3.63) is 57.9 Å². The van der Waals surface area contributed by atoms with E-state index in [1.54, 1.807) is 33.8 Å². The van der Waals surface area contributed by atoms with E-state index in [0.717, 1.165) is 18.4 Å². The van der Waals surface area contributed by atoms with Crippen LogP contribution in [0.1, 0.15) is 60.2 Å². The molecule has 16 nitrogen and oxygen atoms in total. The average Bonchev–Trinajstić information content (AvgIpc) is 3.33. The van der Waals surface area contributed by atoms with Gasteiger partial charge in [-0.3, -0.25) is 18.5 Å². The lowest BCUT2D eigenvalue weighted by Crippen LogP contribution is -2.40. The number of nitrogens with one attached hydrogen (secondary N) is 2. The van der Waals surface area contributed by atoms with Crippen molar-refractivity contribution in [1.29, 1.82) is 0 Å². The number of hydrogen-bond acceptors (Lipinski definition) is 12. The molecule has 0 spiro atoms. The number of nitrogens with zero attached hydrogens (tertiary/aromatic N) is 7. The molecule has 0 aromatic carbocycles. The summed E-state index contributed by atoms with van der Waals surface area (Å²) in [4.78, 5) is 21.3. The minimum Gasteiger partial charge on any atom is -0.347 e. The summed E-state index contributed by atoms with van der Waals surface area (Å²) in [6.07, 6.45) is 11.0. The molecule has 0 radical (unpaired) electrons. The summed E-state index contributed by atoms with van der Waals surface area (Å²) in [6, 6.07) is -0.654. The summed E-state index contributed by atoms with van der Waals surface area (Å²) < 4.78 is 68.2. The van der Waals surface area contributed by atoms with Gasteiger partial charge in [0.15, 0.2) is 5.82 Å². The molecule has 2 aliphatic carbocycles. The summed E-state index contributed by atoms with van der Waals surface area (Å²) in [5.74, 6) is -0.974. The van der Waals surface area contributed by atoms with Gasteiger partial charge in [0.05, 0.1) is 22.9 Å². The third-order valence-corrected chi connectivity index (χ3v) is 9.52. The minimum atomic E-state index is -4.52. The second-order valence-electron chi connectivity index (χ2n) is 12.3. The Balaban J connectivity index is 1.71. The molecular formula is C29H39N9O7S2. The molecule has 2 heterocycles. The van der Waals surface area contributed by atoms with Gasteiger partial charge < -0.3 is 10.6 Å². The van der Waals surface area contributed by atoms with E-state index in [2.05, 4.69) is 41.0 Å². The number of anilines is 2. The molecule has 0 saturated carbocycles. The lowest BCUT2D eigenvalue weighted by molar-refractivity contribution is -0.118. The second kappa shape index (κ2) is 13.9. The molecule has 18 heteroatoms. The van der Waals surface area contributed by atoms with Crippen molar-refractivity contribution in [1.82, 2.24) is 24.7 Å². The van der Waals surface area contributed by atoms with Gasteiger partial charge in [-0.15, -0.1) is 20.4 Å². The minimum absolute atomic E-state index is 0.00898. The third-order valence-electron chi connectivity index (χ3n) is 7.66. The van der Waals surface area contributed by atoms with Crippen molar-refractivity contribution in [2.45, 2.75) is 73.4 Å². The molecule has 254 valence electrons. The zero-order valence-corrected chi connectivity index (χ0v) is 28.6. The maximum atomic E-state index is 12.7. The van der Waals surface area contributed by atoms with Gasteiger partial charge in [-0.1, -0.05) is 57.6 Å². The zero-order valence-electron chi connectivity index (χ0n) is 27.0. The summed E-state index contributed by atoms with van der Waals surface area (Å²) in [5, 5.41) is 22.5. The first kappa shape index (κ1) is 35.7. The molecule has 1 unspecified atom stereocenters. The predicted molar refractivity (Wildman–Crippen MR) is 175 cm³/mol. The van der Waals surface area contributed by atoms with Crippen LogP contribution in [0.15, 0.2) is 62.4 Å². The molecule has 2 aliphatic rings. The zero-order chi connectivity index (χ0) is 34.7. The van der Waals surface area contributed by atoms with Crippen LogP contribution in [0.5, 0.6) is 0 Å². The normalized spacial score (nSPS) is 18.4. The first-order valence-corrected chi connectivity index (χ1v) is 17.9. The predicted octanol–water partition coefficient (Wildman–Crippen LogP) is 4.71. The highest BCUT2D eigenvalue weighted by molar-refractivity contribution is 7.90. The fraction of sp³-hybridized carbons (Fsp3) is 0.483. The Morgan fingerprint density at radius 3 is 2.49 bits per heavy atom. The van der Waals surface area contributed by atoms with Crippen molar-refractivity contribution in [3.63, 3.8) is 0 Å². The topological polar surface area (TPSA) is 231 Å². The number of rotatable bonds is 12. The highest BCUT2D eigenvalue weighted by atomic mass is 32.2. The van der Waals surface area contributed by atoms with Gasteiger partial charge in [-0.05, 0) is 37.8 Å². The summed E-state index contributed by atoms with van der Waals surface area (Å²) in [7, 11) is -8.83. The van der Waals surface area contributed by atoms with Gasteiger partial charge in [-0.2, -0.15) is 21.8 Å². The third kappa shape index (κ3) is 9.03. The SMILES string of the molecule is CC1=CC(C)(C)C(Nc2ncc(N=Nc3nnc(CC4=CC=CCC4)n3CCS(=O)(=O)O)c(NC(=O)C(C)C)n2)C(C)=C1S(=O)(=O)O. The fourth-order valence-corrected chi connectivity index (χ4v) is 6.88. The molecule has 1 atom stereocenters. The van der Waals surface area contributed by atoms with Crippen LogP contribution in [0.3, 0.4) is 0 Å². The maximum absolute atomic E-state index is 12.7. The molecule has 1 amide bonds. The number of carbonyl (C=O) groups is 1. The number of allylic oxidation sites excluding steroid dienone is 5. The highest BCUT2D eigenvalue weighted by Gasteiger charge is 2.38. The van der Waals surface area contributed by atoms with Gasteiger partial charge in [0.25, 0.3) is 26.2 Å². The van der Waals surface area contributed by atoms with Crippen LogP contribution in [-0.4, -0.2) is 68.4 Å². The van der Waals surface area contributed by atoms with E-state index in [-0.39, 0.29) is 40.8 Å². The number of carbonyl (C=O) groups excluding carboxylic acids is 1. The van der Waals surface area contributed by atoms with Crippen molar-refractivity contribution >= 4 is 49.5 Å². The van der Waals surface area contributed by atoms with Gasteiger partial charge >= 0.3 is 0 Å². The van der Waals surface area contributed by atoms with Crippen LogP contribution >= 0.6 is 0 Å². The Kier molecular flexibility index (Phi) is 10.6. The largest absolute Gasteiger partial charge is 0.347 e. The molecule has 0 fully saturated rings. The summed E-state index contributed by atoms with van der Waals surface area (Å²) in [6.45, 7) is 10.2. The van der Waals surface area contributed by atoms with Crippen LogP contribution in [0, 0.1) is 11.3 Å². The first-order chi connectivity index (χ1) is 21.9. The Bertz CT molecular complexity index is 1920. The van der Waals surface area contributed by atoms with Gasteiger partial charge in [0, 0.05) is 24.3 Å². The Labute approximate surface area is 273 Å². The van der Waals surface area contributed by atoms with Gasteiger partial charge in [-0.25, -0.2) is 4.98 Å². The van der Waals surface area contributed by atoms with Crippen LogP contribution in [0.4, 0.5) is 23.4 Å².